The van der Waals surface area contributed by atoms with Crippen LogP contribution in [0.4, 0.5) is 11.4 Å². The maximum absolute atomic E-state index is 13.9. The van der Waals surface area contributed by atoms with Crippen LogP contribution < -0.4 is 14.4 Å². The van der Waals surface area contributed by atoms with Gasteiger partial charge in [-0.1, -0.05) is 61.8 Å². The second-order valence-electron chi connectivity index (χ2n) is 9.86. The van der Waals surface area contributed by atoms with Crippen molar-refractivity contribution >= 4 is 74.5 Å². The molecule has 1 aliphatic heterocycles. The molecule has 4 aromatic rings. The molecule has 1 heterocycles. The van der Waals surface area contributed by atoms with Crippen LogP contribution in [0.3, 0.4) is 0 Å². The molecule has 0 aromatic heterocycles. The van der Waals surface area contributed by atoms with Crippen LogP contribution in [0, 0.1) is 3.57 Å². The van der Waals surface area contributed by atoms with E-state index in [0.717, 1.165) is 38.9 Å². The Morgan fingerprint density at radius 3 is 2.12 bits per heavy atom. The summed E-state index contributed by atoms with van der Waals surface area (Å²) >= 11 is 10.4. The molecule has 4 aromatic carbocycles. The van der Waals surface area contributed by atoms with Crippen LogP contribution >= 0.6 is 46.0 Å². The molecule has 5 rings (SSSR count). The van der Waals surface area contributed by atoms with Gasteiger partial charge in [0.15, 0.2) is 16.7 Å². The van der Waals surface area contributed by atoms with Gasteiger partial charge in [-0.05, 0) is 131 Å². The number of benzene rings is 4. The number of ether oxygens (including phenoxy) is 2. The summed E-state index contributed by atoms with van der Waals surface area (Å²) < 4.78 is 13.2. The fourth-order valence-corrected chi connectivity index (χ4v) is 6.17. The van der Waals surface area contributed by atoms with Crippen molar-refractivity contribution in [3.63, 3.8) is 0 Å². The van der Waals surface area contributed by atoms with E-state index in [4.69, 9.17) is 26.1 Å². The average molecular weight is 723 g/mol. The minimum atomic E-state index is -0.147. The van der Waals surface area contributed by atoms with Gasteiger partial charge < -0.3 is 9.47 Å². The molecular formula is C35H32ClIN2O3S. The van der Waals surface area contributed by atoms with Gasteiger partial charge in [0, 0.05) is 3.57 Å². The Hall–Kier alpha value is -3.27. The number of amidine groups is 1. The largest absolute Gasteiger partial charge is 0.490 e. The summed E-state index contributed by atoms with van der Waals surface area (Å²) in [4.78, 5) is 21.0. The zero-order valence-electron chi connectivity index (χ0n) is 24.3. The number of thioether (sulfide) groups is 1. The number of nitrogens with zero attached hydrogens (tertiary/aromatic N) is 2. The van der Waals surface area contributed by atoms with Gasteiger partial charge in [-0.2, -0.15) is 0 Å². The molecule has 0 N–H and O–H groups in total. The first kappa shape index (κ1) is 31.2. The monoisotopic (exact) mass is 722 g/mol. The van der Waals surface area contributed by atoms with Crippen molar-refractivity contribution in [3.8, 4) is 11.5 Å². The molecule has 43 heavy (non-hydrogen) atoms. The maximum Gasteiger partial charge on any atom is 0.271 e. The average Bonchev–Trinajstić information content (AvgIpc) is 3.31. The van der Waals surface area contributed by atoms with E-state index in [1.54, 1.807) is 11.0 Å². The zero-order chi connectivity index (χ0) is 30.3. The molecule has 0 spiro atoms. The lowest BCUT2D eigenvalue weighted by atomic mass is 10.1. The first-order valence-electron chi connectivity index (χ1n) is 14.2. The first-order chi connectivity index (χ1) is 20.9. The zero-order valence-corrected chi connectivity index (χ0v) is 28.0. The van der Waals surface area contributed by atoms with E-state index in [1.165, 1.54) is 22.9 Å². The van der Waals surface area contributed by atoms with Crippen LogP contribution in [0.1, 0.15) is 43.0 Å². The summed E-state index contributed by atoms with van der Waals surface area (Å²) in [7, 11) is 0. The molecule has 5 nitrogen and oxygen atoms in total. The lowest BCUT2D eigenvalue weighted by Crippen LogP contribution is -2.28. The number of hydrogen-bond donors (Lipinski definition) is 0. The summed E-state index contributed by atoms with van der Waals surface area (Å²) in [6, 6.07) is 27.9. The molecule has 0 aliphatic carbocycles. The highest BCUT2D eigenvalue weighted by Gasteiger charge is 2.35. The molecule has 220 valence electrons. The van der Waals surface area contributed by atoms with Crippen LogP contribution in [-0.4, -0.2) is 17.7 Å². The van der Waals surface area contributed by atoms with Crippen LogP contribution in [0.5, 0.6) is 11.5 Å². The van der Waals surface area contributed by atoms with Crippen molar-refractivity contribution < 1.29 is 14.3 Å². The number of carbonyl (C=O) groups is 1. The van der Waals surface area contributed by atoms with E-state index in [9.17, 15) is 4.79 Å². The molecule has 1 fully saturated rings. The highest BCUT2D eigenvalue weighted by Crippen LogP contribution is 2.41. The predicted molar refractivity (Wildman–Crippen MR) is 188 cm³/mol. The third kappa shape index (κ3) is 7.63. The smallest absolute Gasteiger partial charge is 0.271 e. The minimum absolute atomic E-state index is 0.147. The standard InChI is InChI=1S/C35H32ClIN2O3S/c1-4-23-9-15-28(16-10-23)38-35-39(29-17-11-24(5-2)12-18-29)34(40)32(43-35)21-26-19-30(36)33(31(20-26)41-6-3)42-22-25-7-13-27(37)14-8-25/h7-21H,4-6,22H2,1-3H3/b32-21-,38-35?. The van der Waals surface area contributed by atoms with Gasteiger partial charge in [0.1, 0.15) is 6.61 Å². The summed E-state index contributed by atoms with van der Waals surface area (Å²) in [5.41, 5.74) is 5.77. The first-order valence-corrected chi connectivity index (χ1v) is 16.5. The number of aliphatic imine (C=N–C) groups is 1. The number of rotatable bonds is 10. The van der Waals surface area contributed by atoms with E-state index < -0.39 is 0 Å². The molecular weight excluding hydrogens is 691 g/mol. The van der Waals surface area contributed by atoms with Crippen LogP contribution in [0.25, 0.3) is 6.08 Å². The molecule has 1 aliphatic rings. The van der Waals surface area contributed by atoms with Gasteiger partial charge in [0.25, 0.3) is 5.91 Å². The fraction of sp³-hybridized carbons (Fsp3) is 0.200. The Balaban J connectivity index is 1.48. The van der Waals surface area contributed by atoms with E-state index >= 15 is 0 Å². The van der Waals surface area contributed by atoms with Gasteiger partial charge in [0.2, 0.25) is 0 Å². The van der Waals surface area contributed by atoms with Crippen LogP contribution in [-0.2, 0) is 24.2 Å². The van der Waals surface area contributed by atoms with E-state index in [0.29, 0.717) is 39.8 Å². The molecule has 0 radical (unpaired) electrons. The van der Waals surface area contributed by atoms with Crippen molar-refractivity contribution in [3.05, 3.63) is 121 Å². The van der Waals surface area contributed by atoms with Gasteiger partial charge in [-0.3, -0.25) is 9.69 Å². The summed E-state index contributed by atoms with van der Waals surface area (Å²) in [6.07, 6.45) is 3.71. The van der Waals surface area contributed by atoms with Crippen molar-refractivity contribution in [1.82, 2.24) is 0 Å². The van der Waals surface area contributed by atoms with Gasteiger partial charge in [0.05, 0.1) is 27.9 Å². The quantitative estimate of drug-likeness (QED) is 0.121. The number of amides is 1. The van der Waals surface area contributed by atoms with Crippen molar-refractivity contribution in [1.29, 1.82) is 0 Å². The SMILES string of the molecule is CCOc1cc(/C=C2\SC(=Nc3ccc(CC)cc3)N(c3ccc(CC)cc3)C2=O)cc(Cl)c1OCc1ccc(I)cc1. The highest BCUT2D eigenvalue weighted by atomic mass is 127. The highest BCUT2D eigenvalue weighted by molar-refractivity contribution is 14.1. The molecule has 0 bridgehead atoms. The summed E-state index contributed by atoms with van der Waals surface area (Å²) in [6.45, 7) is 6.95. The summed E-state index contributed by atoms with van der Waals surface area (Å²) in [5, 5.41) is 1.01. The van der Waals surface area contributed by atoms with Crippen molar-refractivity contribution in [2.24, 2.45) is 4.99 Å². The fourth-order valence-electron chi connectivity index (χ4n) is 4.54. The molecule has 1 amide bonds. The van der Waals surface area contributed by atoms with Crippen LogP contribution in [0.15, 0.2) is 94.8 Å². The third-order valence-electron chi connectivity index (χ3n) is 6.90. The van der Waals surface area contributed by atoms with Crippen molar-refractivity contribution in [2.45, 2.75) is 40.2 Å². The third-order valence-corrected chi connectivity index (χ3v) is 8.87. The lowest BCUT2D eigenvalue weighted by Gasteiger charge is -2.16. The number of anilines is 1. The normalized spacial score (nSPS) is 15.0. The van der Waals surface area contributed by atoms with E-state index in [2.05, 4.69) is 48.6 Å². The molecule has 0 unspecified atom stereocenters. The summed E-state index contributed by atoms with van der Waals surface area (Å²) in [5.74, 6) is 0.857. The Labute approximate surface area is 276 Å². The molecule has 8 heteroatoms. The predicted octanol–water partition coefficient (Wildman–Crippen LogP) is 9.86. The number of aryl methyl sites for hydroxylation is 2. The number of hydrogen-bond acceptors (Lipinski definition) is 5. The van der Waals surface area contributed by atoms with Gasteiger partial charge in [-0.15, -0.1) is 0 Å². The molecule has 0 saturated carbocycles. The van der Waals surface area contributed by atoms with Crippen molar-refractivity contribution in [2.75, 3.05) is 11.5 Å². The topological polar surface area (TPSA) is 51.1 Å². The van der Waals surface area contributed by atoms with E-state index in [-0.39, 0.29) is 5.91 Å². The molecule has 0 atom stereocenters. The van der Waals surface area contributed by atoms with Crippen LogP contribution in [0.2, 0.25) is 5.02 Å². The van der Waals surface area contributed by atoms with E-state index in [1.807, 2.05) is 79.7 Å². The number of carbonyl (C=O) groups excluding carboxylic acids is 1. The second kappa shape index (κ2) is 14.5. The van der Waals surface area contributed by atoms with Gasteiger partial charge >= 0.3 is 0 Å². The number of halogens is 2. The second-order valence-corrected chi connectivity index (χ2v) is 12.5. The lowest BCUT2D eigenvalue weighted by molar-refractivity contribution is -0.113. The Kier molecular flexibility index (Phi) is 10.5. The van der Waals surface area contributed by atoms with Gasteiger partial charge in [-0.25, -0.2) is 4.99 Å². The Morgan fingerprint density at radius 1 is 0.860 bits per heavy atom. The maximum atomic E-state index is 13.9. The molecule has 1 saturated heterocycles. The minimum Gasteiger partial charge on any atom is -0.490 e. The Morgan fingerprint density at radius 2 is 1.49 bits per heavy atom. The Bertz CT molecular complexity index is 1650.